The first kappa shape index (κ1) is 12.0. The van der Waals surface area contributed by atoms with E-state index < -0.39 is 0 Å². The maximum atomic E-state index is 12.5. The van der Waals surface area contributed by atoms with Crippen LogP contribution in [0.1, 0.15) is 22.7 Å². The Morgan fingerprint density at radius 3 is 2.68 bits per heavy atom. The molecule has 1 aliphatic heterocycles. The molecule has 0 saturated heterocycles. The highest BCUT2D eigenvalue weighted by atomic mass is 16.2. The molecule has 1 aromatic heterocycles. The second-order valence-electron chi connectivity index (χ2n) is 6.33. The molecule has 3 aromatic rings. The average molecular weight is 288 g/mol. The zero-order valence-corrected chi connectivity index (χ0v) is 12.1. The number of hydrogen-bond acceptors (Lipinski definition) is 1. The first-order chi connectivity index (χ1) is 10.8. The summed E-state index contributed by atoms with van der Waals surface area (Å²) in [5.41, 5.74) is 6.07. The number of amides is 1. The predicted octanol–water partition coefficient (Wildman–Crippen LogP) is 3.62. The van der Waals surface area contributed by atoms with Crippen LogP contribution in [-0.2, 0) is 17.6 Å². The quantitative estimate of drug-likeness (QED) is 0.652. The van der Waals surface area contributed by atoms with Crippen LogP contribution in [0.3, 0.4) is 0 Å². The molecular formula is C19H16N2O. The molecule has 5 rings (SSSR count). The van der Waals surface area contributed by atoms with E-state index in [1.54, 1.807) is 0 Å². The van der Waals surface area contributed by atoms with Gasteiger partial charge < -0.3 is 10.3 Å². The Labute approximate surface area is 128 Å². The SMILES string of the molecule is O=C1Nc2ccccc2[C@@H]2Cc3c([nH]c4ccccc34)C[C@@H]12. The maximum Gasteiger partial charge on any atom is 0.228 e. The molecule has 1 amide bonds. The fourth-order valence-electron chi connectivity index (χ4n) is 4.15. The van der Waals surface area contributed by atoms with Gasteiger partial charge in [0.05, 0.1) is 5.92 Å². The minimum atomic E-state index is 0.0375. The number of hydrogen-bond donors (Lipinski definition) is 2. The van der Waals surface area contributed by atoms with E-state index in [9.17, 15) is 4.79 Å². The molecule has 3 heteroatoms. The van der Waals surface area contributed by atoms with Crippen LogP contribution >= 0.6 is 0 Å². The number of benzene rings is 2. The molecular weight excluding hydrogens is 272 g/mol. The molecule has 22 heavy (non-hydrogen) atoms. The van der Waals surface area contributed by atoms with Crippen molar-refractivity contribution in [3.63, 3.8) is 0 Å². The molecule has 0 radical (unpaired) electrons. The highest BCUT2D eigenvalue weighted by Crippen LogP contribution is 2.44. The Morgan fingerprint density at radius 1 is 0.909 bits per heavy atom. The maximum absolute atomic E-state index is 12.5. The van der Waals surface area contributed by atoms with Gasteiger partial charge in [0.2, 0.25) is 5.91 Å². The van der Waals surface area contributed by atoms with Crippen LogP contribution in [0.25, 0.3) is 10.9 Å². The van der Waals surface area contributed by atoms with Gasteiger partial charge in [-0.25, -0.2) is 0 Å². The highest BCUT2D eigenvalue weighted by molar-refractivity contribution is 5.97. The lowest BCUT2D eigenvalue weighted by Gasteiger charge is -2.36. The van der Waals surface area contributed by atoms with Gasteiger partial charge in [0.25, 0.3) is 0 Å². The van der Waals surface area contributed by atoms with Crippen LogP contribution < -0.4 is 5.32 Å². The topological polar surface area (TPSA) is 44.9 Å². The van der Waals surface area contributed by atoms with Crippen molar-refractivity contribution in [2.45, 2.75) is 18.8 Å². The van der Waals surface area contributed by atoms with Crippen LogP contribution in [0.2, 0.25) is 0 Å². The lowest BCUT2D eigenvalue weighted by atomic mass is 9.71. The van der Waals surface area contributed by atoms with Crippen LogP contribution in [0.5, 0.6) is 0 Å². The molecule has 0 bridgehead atoms. The number of nitrogens with one attached hydrogen (secondary N) is 2. The first-order valence-electron chi connectivity index (χ1n) is 7.79. The van der Waals surface area contributed by atoms with Crippen molar-refractivity contribution < 1.29 is 4.79 Å². The molecule has 2 aliphatic rings. The summed E-state index contributed by atoms with van der Waals surface area (Å²) in [6.45, 7) is 0. The summed E-state index contributed by atoms with van der Waals surface area (Å²) in [7, 11) is 0. The Bertz CT molecular complexity index is 909. The van der Waals surface area contributed by atoms with E-state index >= 15 is 0 Å². The molecule has 0 unspecified atom stereocenters. The molecule has 2 heterocycles. The number of fused-ring (bicyclic) bond motifs is 6. The minimum absolute atomic E-state index is 0.0375. The molecule has 3 nitrogen and oxygen atoms in total. The third kappa shape index (κ3) is 1.54. The van der Waals surface area contributed by atoms with Gasteiger partial charge in [-0.1, -0.05) is 36.4 Å². The second kappa shape index (κ2) is 4.23. The number of anilines is 1. The van der Waals surface area contributed by atoms with E-state index in [1.807, 2.05) is 12.1 Å². The monoisotopic (exact) mass is 288 g/mol. The molecule has 0 spiro atoms. The van der Waals surface area contributed by atoms with Gasteiger partial charge in [0.1, 0.15) is 0 Å². The molecule has 0 fully saturated rings. The van der Waals surface area contributed by atoms with Crippen molar-refractivity contribution >= 4 is 22.5 Å². The van der Waals surface area contributed by atoms with Gasteiger partial charge in [-0.2, -0.15) is 0 Å². The summed E-state index contributed by atoms with van der Waals surface area (Å²) in [4.78, 5) is 16.0. The van der Waals surface area contributed by atoms with Gasteiger partial charge in [-0.15, -0.1) is 0 Å². The van der Waals surface area contributed by atoms with E-state index in [-0.39, 0.29) is 17.7 Å². The number of aromatic nitrogens is 1. The van der Waals surface area contributed by atoms with Crippen molar-refractivity contribution in [3.05, 3.63) is 65.4 Å². The predicted molar refractivity (Wildman–Crippen MR) is 87.0 cm³/mol. The van der Waals surface area contributed by atoms with Crippen LogP contribution in [0, 0.1) is 5.92 Å². The van der Waals surface area contributed by atoms with Crippen LogP contribution in [0.4, 0.5) is 5.69 Å². The molecule has 108 valence electrons. The number of carbonyl (C=O) groups is 1. The van der Waals surface area contributed by atoms with E-state index in [4.69, 9.17) is 0 Å². The smallest absolute Gasteiger partial charge is 0.228 e. The number of H-pyrrole nitrogens is 1. The largest absolute Gasteiger partial charge is 0.358 e. The fourth-order valence-corrected chi connectivity index (χ4v) is 4.15. The number of carbonyl (C=O) groups excluding carboxylic acids is 1. The summed E-state index contributed by atoms with van der Waals surface area (Å²) < 4.78 is 0. The second-order valence-corrected chi connectivity index (χ2v) is 6.33. The molecule has 2 N–H and O–H groups in total. The lowest BCUT2D eigenvalue weighted by molar-refractivity contribution is -0.121. The van der Waals surface area contributed by atoms with Crippen LogP contribution in [0.15, 0.2) is 48.5 Å². The number of rotatable bonds is 0. The van der Waals surface area contributed by atoms with E-state index in [0.29, 0.717) is 0 Å². The summed E-state index contributed by atoms with van der Waals surface area (Å²) in [5, 5.41) is 4.38. The Balaban J connectivity index is 1.70. The summed E-state index contributed by atoms with van der Waals surface area (Å²) in [5.74, 6) is 0.486. The van der Waals surface area contributed by atoms with E-state index in [2.05, 4.69) is 46.7 Å². The Morgan fingerprint density at radius 2 is 1.73 bits per heavy atom. The van der Waals surface area contributed by atoms with Gasteiger partial charge >= 0.3 is 0 Å². The standard InChI is InChI=1S/C19H16N2O/c22-19-15-10-18-14(12-6-2-3-7-16(12)20-18)9-13(15)11-5-1-4-8-17(11)21-19/h1-8,13,15,20H,9-10H2,(H,21,22)/t13-,15+/m0/s1. The van der Waals surface area contributed by atoms with Crippen LogP contribution in [-0.4, -0.2) is 10.9 Å². The minimum Gasteiger partial charge on any atom is -0.358 e. The van der Waals surface area contributed by atoms with Gasteiger partial charge in [0, 0.05) is 28.2 Å². The van der Waals surface area contributed by atoms with Crippen molar-refractivity contribution in [1.82, 2.24) is 4.98 Å². The Hall–Kier alpha value is -2.55. The van der Waals surface area contributed by atoms with Crippen molar-refractivity contribution in [1.29, 1.82) is 0 Å². The zero-order chi connectivity index (χ0) is 14.7. The van der Waals surface area contributed by atoms with Crippen molar-refractivity contribution in [3.8, 4) is 0 Å². The molecule has 2 aromatic carbocycles. The molecule has 1 aliphatic carbocycles. The first-order valence-corrected chi connectivity index (χ1v) is 7.79. The fraction of sp³-hybridized carbons (Fsp3) is 0.211. The number of para-hydroxylation sites is 2. The third-order valence-corrected chi connectivity index (χ3v) is 5.19. The van der Waals surface area contributed by atoms with E-state index in [1.165, 1.54) is 27.7 Å². The average Bonchev–Trinajstić information content (AvgIpc) is 2.91. The lowest BCUT2D eigenvalue weighted by Crippen LogP contribution is -2.38. The van der Waals surface area contributed by atoms with E-state index in [0.717, 1.165) is 18.5 Å². The summed E-state index contributed by atoms with van der Waals surface area (Å²) in [6, 6.07) is 16.7. The van der Waals surface area contributed by atoms with Gasteiger partial charge in [-0.3, -0.25) is 4.79 Å². The Kier molecular flexibility index (Phi) is 2.31. The van der Waals surface area contributed by atoms with Gasteiger partial charge in [0.15, 0.2) is 0 Å². The third-order valence-electron chi connectivity index (χ3n) is 5.19. The normalized spacial score (nSPS) is 22.6. The van der Waals surface area contributed by atoms with Gasteiger partial charge in [-0.05, 0) is 36.1 Å². The number of aromatic amines is 1. The van der Waals surface area contributed by atoms with Crippen molar-refractivity contribution in [2.24, 2.45) is 5.92 Å². The highest BCUT2D eigenvalue weighted by Gasteiger charge is 2.40. The molecule has 0 saturated carbocycles. The van der Waals surface area contributed by atoms with Crippen molar-refractivity contribution in [2.75, 3.05) is 5.32 Å². The zero-order valence-electron chi connectivity index (χ0n) is 12.1. The summed E-state index contributed by atoms with van der Waals surface area (Å²) >= 11 is 0. The molecule has 2 atom stereocenters. The summed E-state index contributed by atoms with van der Waals surface area (Å²) in [6.07, 6.45) is 1.74.